The van der Waals surface area contributed by atoms with Crippen LogP contribution in [0.4, 0.5) is 5.82 Å². The highest BCUT2D eigenvalue weighted by Crippen LogP contribution is 2.27. The summed E-state index contributed by atoms with van der Waals surface area (Å²) in [4.78, 5) is 6.44. The van der Waals surface area contributed by atoms with Gasteiger partial charge in [-0.25, -0.2) is 4.98 Å². The Morgan fingerprint density at radius 3 is 2.88 bits per heavy atom. The van der Waals surface area contributed by atoms with Crippen LogP contribution in [0.1, 0.15) is 25.0 Å². The van der Waals surface area contributed by atoms with Gasteiger partial charge in [-0.1, -0.05) is 22.5 Å². The highest BCUT2D eigenvalue weighted by molar-refractivity contribution is 9.10. The number of nitrogens with zero attached hydrogens (tertiary/aromatic N) is 3. The lowest BCUT2D eigenvalue weighted by atomic mass is 10.1. The zero-order chi connectivity index (χ0) is 17.5. The van der Waals surface area contributed by atoms with Crippen LogP contribution in [-0.2, 0) is 6.54 Å². The summed E-state index contributed by atoms with van der Waals surface area (Å²) in [5.41, 5.74) is 2.56. The van der Waals surface area contributed by atoms with Crippen molar-refractivity contribution in [3.8, 4) is 11.8 Å². The standard InChI is InChI=1S/C19H20BrN3O/c1-4-23(19-15(11-21)6-5-9-22-19)12-16-10-17(20)7-8-18(16)24-13-14(2)3/h5-10H,2,4,12-13H2,1,3H3. The second-order valence-electron chi connectivity index (χ2n) is 5.50. The second kappa shape index (κ2) is 8.51. The van der Waals surface area contributed by atoms with Gasteiger partial charge in [0.15, 0.2) is 0 Å². The molecule has 2 aromatic rings. The maximum Gasteiger partial charge on any atom is 0.146 e. The van der Waals surface area contributed by atoms with E-state index in [1.165, 1.54) is 0 Å². The van der Waals surface area contributed by atoms with Crippen molar-refractivity contribution in [3.63, 3.8) is 0 Å². The van der Waals surface area contributed by atoms with Gasteiger partial charge in [-0.15, -0.1) is 0 Å². The fourth-order valence-corrected chi connectivity index (χ4v) is 2.70. The van der Waals surface area contributed by atoms with Crippen molar-refractivity contribution in [2.24, 2.45) is 0 Å². The molecule has 5 heteroatoms. The minimum absolute atomic E-state index is 0.480. The number of aromatic nitrogens is 1. The molecule has 0 N–H and O–H groups in total. The quantitative estimate of drug-likeness (QED) is 0.648. The minimum Gasteiger partial charge on any atom is -0.489 e. The Morgan fingerprint density at radius 1 is 1.42 bits per heavy atom. The molecule has 0 saturated heterocycles. The van der Waals surface area contributed by atoms with Gasteiger partial charge >= 0.3 is 0 Å². The van der Waals surface area contributed by atoms with Gasteiger partial charge in [0.1, 0.15) is 24.2 Å². The average molecular weight is 386 g/mol. The molecule has 0 unspecified atom stereocenters. The van der Waals surface area contributed by atoms with Crippen molar-refractivity contribution < 1.29 is 4.74 Å². The SMILES string of the molecule is C=C(C)COc1ccc(Br)cc1CN(CC)c1ncccc1C#N. The first kappa shape index (κ1) is 18.0. The van der Waals surface area contributed by atoms with E-state index in [1.807, 2.05) is 32.0 Å². The summed E-state index contributed by atoms with van der Waals surface area (Å²) < 4.78 is 6.84. The largest absolute Gasteiger partial charge is 0.489 e. The third kappa shape index (κ3) is 4.59. The summed E-state index contributed by atoms with van der Waals surface area (Å²) >= 11 is 3.51. The first-order valence-corrected chi connectivity index (χ1v) is 8.50. The molecule has 0 aliphatic rings. The topological polar surface area (TPSA) is 49.1 Å². The summed E-state index contributed by atoms with van der Waals surface area (Å²) in [6.45, 7) is 9.67. The van der Waals surface area contributed by atoms with Crippen molar-refractivity contribution in [1.29, 1.82) is 5.26 Å². The smallest absolute Gasteiger partial charge is 0.146 e. The molecule has 0 aliphatic heterocycles. The molecule has 1 aromatic heterocycles. The molecule has 0 fully saturated rings. The molecule has 0 amide bonds. The molecule has 0 radical (unpaired) electrons. The summed E-state index contributed by atoms with van der Waals surface area (Å²) in [6.07, 6.45) is 1.71. The minimum atomic E-state index is 0.480. The zero-order valence-corrected chi connectivity index (χ0v) is 15.5. The number of nitriles is 1. The van der Waals surface area contributed by atoms with E-state index in [9.17, 15) is 5.26 Å². The maximum atomic E-state index is 9.31. The molecule has 0 spiro atoms. The molecular weight excluding hydrogens is 366 g/mol. The molecule has 0 atom stereocenters. The van der Waals surface area contributed by atoms with Crippen molar-refractivity contribution >= 4 is 21.7 Å². The van der Waals surface area contributed by atoms with E-state index in [2.05, 4.69) is 38.5 Å². The monoisotopic (exact) mass is 385 g/mol. The molecular formula is C19H20BrN3O. The zero-order valence-electron chi connectivity index (χ0n) is 13.9. The molecule has 1 aromatic carbocycles. The molecule has 0 bridgehead atoms. The normalized spacial score (nSPS) is 10.1. The number of rotatable bonds is 7. The first-order valence-electron chi connectivity index (χ1n) is 7.70. The molecule has 0 aliphatic carbocycles. The van der Waals surface area contributed by atoms with Crippen LogP contribution in [0.5, 0.6) is 5.75 Å². The summed E-state index contributed by atoms with van der Waals surface area (Å²) in [7, 11) is 0. The first-order chi connectivity index (χ1) is 11.5. The lowest BCUT2D eigenvalue weighted by molar-refractivity contribution is 0.348. The van der Waals surface area contributed by atoms with Crippen LogP contribution < -0.4 is 9.64 Å². The van der Waals surface area contributed by atoms with Crippen LogP contribution in [0.2, 0.25) is 0 Å². The van der Waals surface area contributed by atoms with Gasteiger partial charge in [-0.3, -0.25) is 0 Å². The summed E-state index contributed by atoms with van der Waals surface area (Å²) in [5, 5.41) is 9.31. The predicted molar refractivity (Wildman–Crippen MR) is 100 cm³/mol. The number of hydrogen-bond acceptors (Lipinski definition) is 4. The van der Waals surface area contributed by atoms with E-state index >= 15 is 0 Å². The lowest BCUT2D eigenvalue weighted by Crippen LogP contribution is -2.24. The van der Waals surface area contributed by atoms with E-state index in [0.717, 1.165) is 27.9 Å². The summed E-state index contributed by atoms with van der Waals surface area (Å²) in [6, 6.07) is 11.7. The Kier molecular flexibility index (Phi) is 6.39. The molecule has 2 rings (SSSR count). The molecule has 24 heavy (non-hydrogen) atoms. The van der Waals surface area contributed by atoms with Crippen LogP contribution in [0.25, 0.3) is 0 Å². The van der Waals surface area contributed by atoms with Crippen LogP contribution in [0, 0.1) is 11.3 Å². The lowest BCUT2D eigenvalue weighted by Gasteiger charge is -2.24. The second-order valence-corrected chi connectivity index (χ2v) is 6.41. The van der Waals surface area contributed by atoms with Gasteiger partial charge in [0.05, 0.1) is 5.56 Å². The Labute approximate surface area is 151 Å². The van der Waals surface area contributed by atoms with Crippen molar-refractivity contribution in [2.75, 3.05) is 18.1 Å². The van der Waals surface area contributed by atoms with E-state index in [0.29, 0.717) is 24.5 Å². The average Bonchev–Trinajstić information content (AvgIpc) is 2.58. The number of anilines is 1. The van der Waals surface area contributed by atoms with Crippen LogP contribution in [0.3, 0.4) is 0 Å². The van der Waals surface area contributed by atoms with Crippen molar-refractivity contribution in [2.45, 2.75) is 20.4 Å². The fourth-order valence-electron chi connectivity index (χ4n) is 2.29. The van der Waals surface area contributed by atoms with E-state index in [4.69, 9.17) is 4.74 Å². The van der Waals surface area contributed by atoms with Crippen molar-refractivity contribution in [3.05, 3.63) is 64.3 Å². The van der Waals surface area contributed by atoms with Crippen LogP contribution in [-0.4, -0.2) is 18.1 Å². The number of hydrogen-bond donors (Lipinski definition) is 0. The Balaban J connectivity index is 2.32. The molecule has 4 nitrogen and oxygen atoms in total. The highest BCUT2D eigenvalue weighted by atomic mass is 79.9. The fraction of sp³-hybridized carbons (Fsp3) is 0.263. The number of benzene rings is 1. The van der Waals surface area contributed by atoms with E-state index in [1.54, 1.807) is 18.3 Å². The predicted octanol–water partition coefficient (Wildman–Crippen LogP) is 4.70. The van der Waals surface area contributed by atoms with Gasteiger partial charge < -0.3 is 9.64 Å². The Bertz CT molecular complexity index is 767. The van der Waals surface area contributed by atoms with Gasteiger partial charge in [-0.2, -0.15) is 5.26 Å². The maximum absolute atomic E-state index is 9.31. The summed E-state index contributed by atoms with van der Waals surface area (Å²) in [5.74, 6) is 1.50. The van der Waals surface area contributed by atoms with E-state index in [-0.39, 0.29) is 0 Å². The van der Waals surface area contributed by atoms with Crippen LogP contribution in [0.15, 0.2) is 53.2 Å². The Hall–Kier alpha value is -2.32. The van der Waals surface area contributed by atoms with Gasteiger partial charge in [0.2, 0.25) is 0 Å². The number of halogens is 1. The molecule has 1 heterocycles. The molecule has 124 valence electrons. The number of pyridine rings is 1. The third-order valence-corrected chi connectivity index (χ3v) is 3.94. The molecule has 0 saturated carbocycles. The third-order valence-electron chi connectivity index (χ3n) is 3.45. The van der Waals surface area contributed by atoms with Gasteiger partial charge in [-0.05, 0) is 49.8 Å². The van der Waals surface area contributed by atoms with Crippen molar-refractivity contribution in [1.82, 2.24) is 4.98 Å². The number of ether oxygens (including phenoxy) is 1. The van der Waals surface area contributed by atoms with Gasteiger partial charge in [0, 0.05) is 29.3 Å². The van der Waals surface area contributed by atoms with E-state index < -0.39 is 0 Å². The highest BCUT2D eigenvalue weighted by Gasteiger charge is 2.14. The Morgan fingerprint density at radius 2 is 2.21 bits per heavy atom. The van der Waals surface area contributed by atoms with Crippen LogP contribution >= 0.6 is 15.9 Å². The van der Waals surface area contributed by atoms with Gasteiger partial charge in [0.25, 0.3) is 0 Å².